The van der Waals surface area contributed by atoms with Crippen molar-refractivity contribution in [1.82, 2.24) is 0 Å². The van der Waals surface area contributed by atoms with Crippen LogP contribution in [0.5, 0.6) is 0 Å². The maximum Gasteiger partial charge on any atom is 0.280 e. The zero-order valence-electron chi connectivity index (χ0n) is 13.0. The average molecular weight is 290 g/mol. The van der Waals surface area contributed by atoms with E-state index < -0.39 is 4.92 Å². The third kappa shape index (κ3) is 3.06. The molecule has 1 heterocycles. The number of rotatable bonds is 3. The fraction of sp³-hybridized carbons (Fsp3) is 0.562. The predicted octanol–water partition coefficient (Wildman–Crippen LogP) is 3.67. The fourth-order valence-corrected chi connectivity index (χ4v) is 3.20. The van der Waals surface area contributed by atoms with Gasteiger partial charge in [-0.2, -0.15) is 0 Å². The summed E-state index contributed by atoms with van der Waals surface area (Å²) in [6.07, 6.45) is 1.18. The summed E-state index contributed by atoms with van der Waals surface area (Å²) < 4.78 is 0. The molecule has 3 atom stereocenters. The number of anilines is 1. The van der Waals surface area contributed by atoms with E-state index in [1.54, 1.807) is 12.1 Å². The Bertz CT molecular complexity index is 571. The quantitative estimate of drug-likeness (QED) is 0.484. The van der Waals surface area contributed by atoms with Gasteiger partial charge in [-0.05, 0) is 44.2 Å². The predicted molar refractivity (Wildman–Crippen MR) is 82.9 cm³/mol. The van der Waals surface area contributed by atoms with Crippen LogP contribution >= 0.6 is 0 Å². The Hall–Kier alpha value is -1.91. The van der Waals surface area contributed by atoms with Crippen molar-refractivity contribution in [3.63, 3.8) is 0 Å². The minimum absolute atomic E-state index is 0.114. The first-order valence-electron chi connectivity index (χ1n) is 7.37. The molecule has 1 aromatic carbocycles. The summed E-state index contributed by atoms with van der Waals surface area (Å²) in [7, 11) is 0. The molecule has 0 amide bonds. The first-order chi connectivity index (χ1) is 9.81. The second kappa shape index (κ2) is 5.84. The molecule has 21 heavy (non-hydrogen) atoms. The highest BCUT2D eigenvalue weighted by molar-refractivity contribution is 5.99. The largest absolute Gasteiger partial charge is 0.368 e. The van der Waals surface area contributed by atoms with Crippen LogP contribution < -0.4 is 4.90 Å². The Balaban J connectivity index is 2.42. The smallest absolute Gasteiger partial charge is 0.280 e. The summed E-state index contributed by atoms with van der Waals surface area (Å²) in [5, 5.41) is 11.0. The molecule has 0 aromatic heterocycles. The van der Waals surface area contributed by atoms with Crippen LogP contribution in [0, 0.1) is 22.0 Å². The molecular formula is C16H22N2O3. The van der Waals surface area contributed by atoms with E-state index in [0.29, 0.717) is 17.9 Å². The van der Waals surface area contributed by atoms with Gasteiger partial charge in [0.1, 0.15) is 0 Å². The van der Waals surface area contributed by atoms with Crippen LogP contribution in [0.3, 0.4) is 0 Å². The van der Waals surface area contributed by atoms with Crippen LogP contribution in [0.2, 0.25) is 0 Å². The third-order valence-corrected chi connectivity index (χ3v) is 4.49. The number of carbonyl (C=O) groups excluding carboxylic acids is 1. The first-order valence-corrected chi connectivity index (χ1v) is 7.37. The van der Waals surface area contributed by atoms with E-state index in [1.807, 2.05) is 0 Å². The Morgan fingerprint density at radius 1 is 1.33 bits per heavy atom. The standard InChI is InChI=1S/C16H22N2O3/c1-10-7-11(2)12(3)17(9-10)14-5-6-16(18(20)21)15(8-14)13(4)19/h5-6,8,10-12H,7,9H2,1-4H3. The van der Waals surface area contributed by atoms with Crippen LogP contribution in [0.4, 0.5) is 11.4 Å². The zero-order valence-corrected chi connectivity index (χ0v) is 13.0. The molecule has 0 aliphatic carbocycles. The summed E-state index contributed by atoms with van der Waals surface area (Å²) in [5.74, 6) is 0.867. The lowest BCUT2D eigenvalue weighted by atomic mass is 9.85. The van der Waals surface area contributed by atoms with Gasteiger partial charge in [0, 0.05) is 24.3 Å². The van der Waals surface area contributed by atoms with E-state index in [-0.39, 0.29) is 17.0 Å². The molecule has 0 bridgehead atoms. The molecule has 0 saturated carbocycles. The van der Waals surface area contributed by atoms with Gasteiger partial charge in [-0.15, -0.1) is 0 Å². The molecule has 1 saturated heterocycles. The lowest BCUT2D eigenvalue weighted by molar-refractivity contribution is -0.385. The molecule has 3 unspecified atom stereocenters. The first kappa shape index (κ1) is 15.5. The lowest BCUT2D eigenvalue weighted by Crippen LogP contribution is -2.45. The Morgan fingerprint density at radius 3 is 2.57 bits per heavy atom. The van der Waals surface area contributed by atoms with Crippen LogP contribution in [0.1, 0.15) is 44.5 Å². The number of benzene rings is 1. The summed E-state index contributed by atoms with van der Waals surface area (Å²) in [5.41, 5.74) is 0.976. The molecule has 1 aromatic rings. The van der Waals surface area contributed by atoms with Crippen molar-refractivity contribution in [2.24, 2.45) is 11.8 Å². The van der Waals surface area contributed by atoms with Crippen LogP contribution in [-0.2, 0) is 0 Å². The number of hydrogen-bond acceptors (Lipinski definition) is 4. The molecule has 2 rings (SSSR count). The summed E-state index contributed by atoms with van der Waals surface area (Å²) >= 11 is 0. The highest BCUT2D eigenvalue weighted by atomic mass is 16.6. The number of nitrogens with zero attached hydrogens (tertiary/aromatic N) is 2. The van der Waals surface area contributed by atoms with E-state index in [4.69, 9.17) is 0 Å². The van der Waals surface area contributed by atoms with E-state index >= 15 is 0 Å². The van der Waals surface area contributed by atoms with Gasteiger partial charge < -0.3 is 4.90 Å². The van der Waals surface area contributed by atoms with E-state index in [1.165, 1.54) is 19.4 Å². The molecule has 114 valence electrons. The highest BCUT2D eigenvalue weighted by Gasteiger charge is 2.30. The number of ketones is 1. The van der Waals surface area contributed by atoms with Crippen molar-refractivity contribution in [2.75, 3.05) is 11.4 Å². The van der Waals surface area contributed by atoms with Crippen molar-refractivity contribution < 1.29 is 9.72 Å². The molecule has 0 radical (unpaired) electrons. The Kier molecular flexibility index (Phi) is 4.30. The topological polar surface area (TPSA) is 63.5 Å². The third-order valence-electron chi connectivity index (χ3n) is 4.49. The van der Waals surface area contributed by atoms with E-state index in [9.17, 15) is 14.9 Å². The minimum atomic E-state index is -0.495. The van der Waals surface area contributed by atoms with Gasteiger partial charge in [-0.25, -0.2) is 0 Å². The second-order valence-corrected chi connectivity index (χ2v) is 6.23. The molecule has 1 fully saturated rings. The molecule has 0 N–H and O–H groups in total. The van der Waals surface area contributed by atoms with Crippen molar-refractivity contribution in [3.8, 4) is 0 Å². The molecule has 5 nitrogen and oxygen atoms in total. The van der Waals surface area contributed by atoms with Crippen LogP contribution in [-0.4, -0.2) is 23.3 Å². The number of nitro groups is 1. The van der Waals surface area contributed by atoms with Gasteiger partial charge in [-0.3, -0.25) is 14.9 Å². The summed E-state index contributed by atoms with van der Waals surface area (Å²) in [6.45, 7) is 8.90. The molecular weight excluding hydrogens is 268 g/mol. The van der Waals surface area contributed by atoms with Crippen molar-refractivity contribution >= 4 is 17.2 Å². The van der Waals surface area contributed by atoms with Gasteiger partial charge in [0.05, 0.1) is 10.5 Å². The molecule has 1 aliphatic heterocycles. The van der Waals surface area contributed by atoms with Gasteiger partial charge in [0.2, 0.25) is 0 Å². The zero-order chi connectivity index (χ0) is 15.7. The maximum absolute atomic E-state index is 11.7. The highest BCUT2D eigenvalue weighted by Crippen LogP contribution is 2.33. The van der Waals surface area contributed by atoms with E-state index in [0.717, 1.165) is 12.2 Å². The number of hydrogen-bond donors (Lipinski definition) is 0. The average Bonchev–Trinajstić information content (AvgIpc) is 2.42. The Morgan fingerprint density at radius 2 is 2.00 bits per heavy atom. The van der Waals surface area contributed by atoms with Gasteiger partial charge in [0.15, 0.2) is 5.78 Å². The number of Topliss-reactive ketones (excluding diaryl/α,β-unsaturated/α-hetero) is 1. The van der Waals surface area contributed by atoms with Crippen molar-refractivity contribution in [1.29, 1.82) is 0 Å². The van der Waals surface area contributed by atoms with Crippen molar-refractivity contribution in [2.45, 2.75) is 40.2 Å². The van der Waals surface area contributed by atoms with Crippen LogP contribution in [0.15, 0.2) is 18.2 Å². The SMILES string of the molecule is CC(=O)c1cc(N2CC(C)CC(C)C2C)ccc1[N+](=O)[O-]. The molecule has 1 aliphatic rings. The number of nitro benzene ring substituents is 1. The number of piperidine rings is 1. The minimum Gasteiger partial charge on any atom is -0.368 e. The molecule has 0 spiro atoms. The van der Waals surface area contributed by atoms with Crippen molar-refractivity contribution in [3.05, 3.63) is 33.9 Å². The van der Waals surface area contributed by atoms with Gasteiger partial charge >= 0.3 is 0 Å². The monoisotopic (exact) mass is 290 g/mol. The normalized spacial score (nSPS) is 25.7. The lowest BCUT2D eigenvalue weighted by Gasteiger charge is -2.42. The summed E-state index contributed by atoms with van der Waals surface area (Å²) in [4.78, 5) is 24.5. The molecule has 5 heteroatoms. The van der Waals surface area contributed by atoms with Gasteiger partial charge in [0.25, 0.3) is 5.69 Å². The maximum atomic E-state index is 11.7. The van der Waals surface area contributed by atoms with E-state index in [2.05, 4.69) is 25.7 Å². The second-order valence-electron chi connectivity index (χ2n) is 6.23. The van der Waals surface area contributed by atoms with Gasteiger partial charge in [-0.1, -0.05) is 13.8 Å². The Labute approximate surface area is 125 Å². The van der Waals surface area contributed by atoms with Crippen LogP contribution in [0.25, 0.3) is 0 Å². The fourth-order valence-electron chi connectivity index (χ4n) is 3.20. The number of carbonyl (C=O) groups is 1. The summed E-state index contributed by atoms with van der Waals surface area (Å²) in [6, 6.07) is 5.23.